The van der Waals surface area contributed by atoms with Gasteiger partial charge in [-0.25, -0.2) is 13.2 Å². The van der Waals surface area contributed by atoms with Crippen molar-refractivity contribution in [1.82, 2.24) is 10.3 Å². The predicted octanol–water partition coefficient (Wildman–Crippen LogP) is 3.08. The molecule has 1 unspecified atom stereocenters. The molecule has 0 spiro atoms. The highest BCUT2D eigenvalue weighted by molar-refractivity contribution is 7.91. The van der Waals surface area contributed by atoms with Crippen LogP contribution in [0.2, 0.25) is 0 Å². The molecule has 7 heteroatoms. The van der Waals surface area contributed by atoms with Crippen molar-refractivity contribution in [2.75, 3.05) is 0 Å². The quantitative estimate of drug-likeness (QED) is 0.918. The van der Waals surface area contributed by atoms with E-state index >= 15 is 0 Å². The van der Waals surface area contributed by atoms with Gasteiger partial charge in [-0.3, -0.25) is 10.3 Å². The second kappa shape index (κ2) is 7.00. The van der Waals surface area contributed by atoms with E-state index in [1.54, 1.807) is 57.2 Å². The lowest BCUT2D eigenvalue weighted by atomic mass is 10.2. The number of hydrogen-bond acceptors (Lipinski definition) is 5. The molecule has 1 N–H and O–H groups in total. The summed E-state index contributed by atoms with van der Waals surface area (Å²) in [5.41, 5.74) is -0.526. The van der Waals surface area contributed by atoms with Crippen molar-refractivity contribution < 1.29 is 17.9 Å². The van der Waals surface area contributed by atoms with Crippen molar-refractivity contribution in [3.05, 3.63) is 60.4 Å². The topological polar surface area (TPSA) is 85.4 Å². The first-order valence-electron chi connectivity index (χ1n) is 7.39. The number of ether oxygens (including phenoxy) is 1. The van der Waals surface area contributed by atoms with Gasteiger partial charge >= 0.3 is 6.09 Å². The molecule has 1 atom stereocenters. The van der Waals surface area contributed by atoms with Crippen LogP contribution in [0.5, 0.6) is 0 Å². The molecule has 1 heterocycles. The van der Waals surface area contributed by atoms with Crippen LogP contribution < -0.4 is 5.32 Å². The fraction of sp³-hybridized carbons (Fsp3) is 0.294. The molecule has 0 radical (unpaired) electrons. The van der Waals surface area contributed by atoms with Crippen LogP contribution in [-0.2, 0) is 14.6 Å². The van der Waals surface area contributed by atoms with Crippen LogP contribution in [0.3, 0.4) is 0 Å². The molecule has 0 bridgehead atoms. The SMILES string of the molecule is CC(C)(C)OC(=O)NC(c1ccccn1)S(=O)(=O)c1ccccc1. The number of amides is 1. The Hall–Kier alpha value is -2.41. The second-order valence-electron chi connectivity index (χ2n) is 6.14. The molecule has 0 aliphatic carbocycles. The number of carbonyl (C=O) groups is 1. The number of benzene rings is 1. The Bertz CT molecular complexity index is 784. The number of rotatable bonds is 4. The molecule has 2 rings (SSSR count). The Balaban J connectivity index is 2.39. The largest absolute Gasteiger partial charge is 0.444 e. The minimum Gasteiger partial charge on any atom is -0.444 e. The van der Waals surface area contributed by atoms with Gasteiger partial charge < -0.3 is 4.74 Å². The molecule has 0 fully saturated rings. The van der Waals surface area contributed by atoms with Gasteiger partial charge in [-0.2, -0.15) is 0 Å². The van der Waals surface area contributed by atoms with Gasteiger partial charge in [-0.1, -0.05) is 24.3 Å². The first-order valence-corrected chi connectivity index (χ1v) is 8.94. The van der Waals surface area contributed by atoms with Crippen LogP contribution in [0, 0.1) is 0 Å². The molecule has 1 aromatic carbocycles. The number of alkyl carbamates (subject to hydrolysis) is 1. The molecule has 128 valence electrons. The predicted molar refractivity (Wildman–Crippen MR) is 90.0 cm³/mol. The van der Waals surface area contributed by atoms with E-state index in [0.29, 0.717) is 0 Å². The third kappa shape index (κ3) is 4.55. The zero-order valence-electron chi connectivity index (χ0n) is 13.8. The Labute approximate surface area is 141 Å². The van der Waals surface area contributed by atoms with Crippen LogP contribution in [-0.4, -0.2) is 25.1 Å². The lowest BCUT2D eigenvalue weighted by molar-refractivity contribution is 0.0518. The van der Waals surface area contributed by atoms with E-state index in [1.807, 2.05) is 0 Å². The Morgan fingerprint density at radius 2 is 1.71 bits per heavy atom. The van der Waals surface area contributed by atoms with Gasteiger partial charge in [0.25, 0.3) is 0 Å². The number of carbonyl (C=O) groups excluding carboxylic acids is 1. The van der Waals surface area contributed by atoms with E-state index in [0.717, 1.165) is 0 Å². The minimum atomic E-state index is -3.88. The summed E-state index contributed by atoms with van der Waals surface area (Å²) in [5, 5.41) is 1.08. The highest BCUT2D eigenvalue weighted by Crippen LogP contribution is 2.25. The lowest BCUT2D eigenvalue weighted by Crippen LogP contribution is -2.38. The third-order valence-electron chi connectivity index (χ3n) is 2.99. The Kier molecular flexibility index (Phi) is 5.23. The summed E-state index contributed by atoms with van der Waals surface area (Å²) in [6.45, 7) is 5.11. The third-order valence-corrected chi connectivity index (χ3v) is 4.90. The maximum Gasteiger partial charge on any atom is 0.409 e. The molecular weight excluding hydrogens is 328 g/mol. The van der Waals surface area contributed by atoms with Gasteiger partial charge in [-0.15, -0.1) is 0 Å². The molecule has 24 heavy (non-hydrogen) atoms. The minimum absolute atomic E-state index is 0.0942. The van der Waals surface area contributed by atoms with Crippen molar-refractivity contribution in [2.24, 2.45) is 0 Å². The first kappa shape index (κ1) is 17.9. The zero-order chi connectivity index (χ0) is 17.8. The molecular formula is C17H20N2O4S. The van der Waals surface area contributed by atoms with Gasteiger partial charge in [0, 0.05) is 6.20 Å². The fourth-order valence-corrected chi connectivity index (χ4v) is 3.52. The monoisotopic (exact) mass is 348 g/mol. The molecule has 0 saturated heterocycles. The molecule has 2 aromatic rings. The summed E-state index contributed by atoms with van der Waals surface area (Å²) in [6, 6.07) is 12.8. The average Bonchev–Trinajstić information content (AvgIpc) is 2.52. The van der Waals surface area contributed by atoms with Crippen LogP contribution in [0.25, 0.3) is 0 Å². The zero-order valence-corrected chi connectivity index (χ0v) is 14.6. The van der Waals surface area contributed by atoms with E-state index in [-0.39, 0.29) is 10.6 Å². The standard InChI is InChI=1S/C17H20N2O4S/c1-17(2,3)23-16(20)19-15(14-11-7-8-12-18-14)24(21,22)13-9-5-4-6-10-13/h4-12,15H,1-3H3,(H,19,20). The van der Waals surface area contributed by atoms with E-state index in [9.17, 15) is 13.2 Å². The number of nitrogens with zero attached hydrogens (tertiary/aromatic N) is 1. The van der Waals surface area contributed by atoms with Crippen LogP contribution in [0.1, 0.15) is 31.8 Å². The van der Waals surface area contributed by atoms with Gasteiger partial charge in [0.05, 0.1) is 10.6 Å². The summed E-state index contributed by atoms with van der Waals surface area (Å²) >= 11 is 0. The van der Waals surface area contributed by atoms with Crippen LogP contribution in [0.15, 0.2) is 59.6 Å². The van der Waals surface area contributed by atoms with Crippen molar-refractivity contribution >= 4 is 15.9 Å². The highest BCUT2D eigenvalue weighted by atomic mass is 32.2. The molecule has 1 amide bonds. The number of sulfone groups is 1. The summed E-state index contributed by atoms with van der Waals surface area (Å²) in [5.74, 6) is 0. The van der Waals surface area contributed by atoms with Crippen molar-refractivity contribution in [3.63, 3.8) is 0 Å². The smallest absolute Gasteiger partial charge is 0.409 e. The molecule has 0 aliphatic heterocycles. The molecule has 0 aliphatic rings. The van der Waals surface area contributed by atoms with Gasteiger partial charge in [0.2, 0.25) is 9.84 Å². The first-order chi connectivity index (χ1) is 11.2. The summed E-state index contributed by atoms with van der Waals surface area (Å²) in [7, 11) is -3.88. The summed E-state index contributed by atoms with van der Waals surface area (Å²) in [4.78, 5) is 16.3. The van der Waals surface area contributed by atoms with E-state index in [2.05, 4.69) is 10.3 Å². The molecule has 1 aromatic heterocycles. The van der Waals surface area contributed by atoms with Gasteiger partial charge in [-0.05, 0) is 45.0 Å². The van der Waals surface area contributed by atoms with Crippen molar-refractivity contribution in [3.8, 4) is 0 Å². The number of aromatic nitrogens is 1. The highest BCUT2D eigenvalue weighted by Gasteiger charge is 2.33. The molecule has 6 nitrogen and oxygen atoms in total. The molecule has 0 saturated carbocycles. The average molecular weight is 348 g/mol. The summed E-state index contributed by atoms with van der Waals surface area (Å²) < 4.78 is 31.0. The van der Waals surface area contributed by atoms with E-state index in [4.69, 9.17) is 4.74 Å². The Morgan fingerprint density at radius 3 is 2.25 bits per heavy atom. The van der Waals surface area contributed by atoms with E-state index in [1.165, 1.54) is 18.3 Å². The fourth-order valence-electron chi connectivity index (χ4n) is 2.00. The van der Waals surface area contributed by atoms with E-state index < -0.39 is 26.9 Å². The van der Waals surface area contributed by atoms with Crippen LogP contribution >= 0.6 is 0 Å². The number of nitrogens with one attached hydrogen (secondary N) is 1. The maximum absolute atomic E-state index is 12.9. The van der Waals surface area contributed by atoms with Gasteiger partial charge in [0.1, 0.15) is 5.60 Å². The summed E-state index contributed by atoms with van der Waals surface area (Å²) in [6.07, 6.45) is 0.650. The van der Waals surface area contributed by atoms with Crippen LogP contribution in [0.4, 0.5) is 4.79 Å². The normalized spacial score (nSPS) is 13.1. The lowest BCUT2D eigenvalue weighted by Gasteiger charge is -2.23. The Morgan fingerprint density at radius 1 is 1.08 bits per heavy atom. The van der Waals surface area contributed by atoms with Crippen molar-refractivity contribution in [1.29, 1.82) is 0 Å². The number of pyridine rings is 1. The van der Waals surface area contributed by atoms with Gasteiger partial charge in [0.15, 0.2) is 5.37 Å². The van der Waals surface area contributed by atoms with Crippen molar-refractivity contribution in [2.45, 2.75) is 36.6 Å². The second-order valence-corrected chi connectivity index (χ2v) is 8.17. The number of hydrogen-bond donors (Lipinski definition) is 1. The maximum atomic E-state index is 12.9.